The molecule has 1 aliphatic heterocycles. The molecule has 1 aromatic heterocycles. The summed E-state index contributed by atoms with van der Waals surface area (Å²) in [6.45, 7) is 5.28. The number of H-pyrrole nitrogens is 1. The van der Waals surface area contributed by atoms with Crippen molar-refractivity contribution in [1.29, 1.82) is 0 Å². The summed E-state index contributed by atoms with van der Waals surface area (Å²) in [6, 6.07) is 14.9. The lowest BCUT2D eigenvalue weighted by Gasteiger charge is -2.32. The van der Waals surface area contributed by atoms with Gasteiger partial charge in [-0.2, -0.15) is 0 Å². The molecule has 342 valence electrons. The molecule has 5 rings (SSSR count). The standard InChI is InChI=1S/C47H60N8O9/c1-5-28(2)40-44(60)50-37(23-20-30-18-21-33(56)22-19-30)45(61)55(4)29(3)41(57)51-38(25-31-13-7-6-8-14-31)42(58)48-24-12-11-17-36(43(59)54-40)52-47(64)53-39(46(62)63)26-32-27-49-35-16-10-9-15-34(32)35/h6-10,13-16,18-19,21-22,27-29,36-40,49,56H,5,11-12,17,20,23-26H2,1-4H3,(H,48,58)(H,50,60)(H,51,57)(H,54,59)(H,62,63)(H2,52,53,64). The second-order valence-electron chi connectivity index (χ2n) is 16.4. The molecule has 7 unspecified atom stereocenters. The van der Waals surface area contributed by atoms with Crippen LogP contribution in [0.3, 0.4) is 0 Å². The number of phenols is 1. The quantitative estimate of drug-likeness (QED) is 0.101. The molecule has 1 fully saturated rings. The van der Waals surface area contributed by atoms with E-state index in [1.165, 1.54) is 31.0 Å². The summed E-state index contributed by atoms with van der Waals surface area (Å²) in [5.74, 6) is -4.70. The molecule has 0 bridgehead atoms. The lowest BCUT2D eigenvalue weighted by atomic mass is 9.96. The number of hydrogen-bond donors (Lipinski definition) is 9. The number of carboxylic acid groups (broad SMARTS) is 1. The molecule has 0 spiro atoms. The van der Waals surface area contributed by atoms with E-state index in [-0.39, 0.29) is 38.0 Å². The van der Waals surface area contributed by atoms with Gasteiger partial charge in [-0.3, -0.25) is 24.0 Å². The number of amides is 7. The molecule has 9 N–H and O–H groups in total. The second-order valence-corrected chi connectivity index (χ2v) is 16.4. The van der Waals surface area contributed by atoms with Crippen LogP contribution in [0, 0.1) is 5.92 Å². The first-order chi connectivity index (χ1) is 30.6. The second kappa shape index (κ2) is 23.0. The highest BCUT2D eigenvalue weighted by atomic mass is 16.4. The minimum absolute atomic E-state index is 0.0460. The largest absolute Gasteiger partial charge is 0.508 e. The molecular formula is C47H60N8O9. The summed E-state index contributed by atoms with van der Waals surface area (Å²) < 4.78 is 0. The molecule has 0 aliphatic carbocycles. The number of benzene rings is 3. The Bertz CT molecular complexity index is 2250. The maximum absolute atomic E-state index is 14.3. The van der Waals surface area contributed by atoms with Crippen LogP contribution in [-0.2, 0) is 48.0 Å². The number of hydrogen-bond acceptors (Lipinski definition) is 8. The van der Waals surface area contributed by atoms with Crippen LogP contribution < -0.4 is 31.9 Å². The fraction of sp³-hybridized carbons (Fsp3) is 0.426. The zero-order valence-corrected chi connectivity index (χ0v) is 36.7. The Kier molecular flexibility index (Phi) is 17.3. The number of nitrogens with zero attached hydrogens (tertiary/aromatic N) is 1. The summed E-state index contributed by atoms with van der Waals surface area (Å²) in [6.07, 6.45) is 3.32. The van der Waals surface area contributed by atoms with Crippen molar-refractivity contribution in [2.45, 2.75) is 108 Å². The molecule has 1 saturated heterocycles. The van der Waals surface area contributed by atoms with Gasteiger partial charge in [0.15, 0.2) is 0 Å². The Morgan fingerprint density at radius 1 is 0.828 bits per heavy atom. The Morgan fingerprint density at radius 2 is 1.52 bits per heavy atom. The summed E-state index contributed by atoms with van der Waals surface area (Å²) in [5, 5.41) is 37.2. The summed E-state index contributed by atoms with van der Waals surface area (Å²) in [7, 11) is 1.44. The van der Waals surface area contributed by atoms with Crippen molar-refractivity contribution in [3.8, 4) is 5.75 Å². The maximum atomic E-state index is 14.3. The van der Waals surface area contributed by atoms with E-state index in [0.717, 1.165) is 22.0 Å². The van der Waals surface area contributed by atoms with Crippen molar-refractivity contribution in [3.05, 3.63) is 102 Å². The molecule has 0 saturated carbocycles. The van der Waals surface area contributed by atoms with Gasteiger partial charge < -0.3 is 52.0 Å². The minimum Gasteiger partial charge on any atom is -0.508 e. The number of likely N-dealkylation sites (N-methyl/N-ethyl adjacent to an activating group) is 1. The highest BCUT2D eigenvalue weighted by Gasteiger charge is 2.36. The van der Waals surface area contributed by atoms with Crippen molar-refractivity contribution < 1.29 is 43.8 Å². The van der Waals surface area contributed by atoms with Crippen LogP contribution in [0.25, 0.3) is 10.9 Å². The number of carbonyl (C=O) groups excluding carboxylic acids is 6. The normalized spacial score (nSPS) is 21.8. The van der Waals surface area contributed by atoms with E-state index in [0.29, 0.717) is 31.2 Å². The zero-order chi connectivity index (χ0) is 46.3. The Labute approximate surface area is 372 Å². The number of phenolic OH excluding ortho intramolecular Hbond substituents is 1. The SMILES string of the molecule is CCC(C)C1NC(=O)C(NC(=O)NC(Cc2c[nH]c3ccccc23)C(=O)O)CCCCNC(=O)C(Cc2ccccc2)NC(=O)C(C)N(C)C(=O)C(CCc2ccc(O)cc2)NC1=O. The van der Waals surface area contributed by atoms with E-state index in [9.17, 15) is 43.8 Å². The summed E-state index contributed by atoms with van der Waals surface area (Å²) in [4.78, 5) is 101. The Morgan fingerprint density at radius 3 is 2.22 bits per heavy atom. The number of urea groups is 1. The first kappa shape index (κ1) is 48.1. The van der Waals surface area contributed by atoms with Crippen LogP contribution in [0.2, 0.25) is 0 Å². The number of rotatable bonds is 12. The Balaban J connectivity index is 1.42. The van der Waals surface area contributed by atoms with Crippen molar-refractivity contribution in [1.82, 2.24) is 41.8 Å². The topological polar surface area (TPSA) is 251 Å². The molecule has 17 heteroatoms. The number of aromatic nitrogens is 1. The minimum atomic E-state index is -1.36. The predicted molar refractivity (Wildman–Crippen MR) is 240 cm³/mol. The van der Waals surface area contributed by atoms with E-state index in [1.54, 1.807) is 25.3 Å². The first-order valence-corrected chi connectivity index (χ1v) is 21.8. The number of aromatic amines is 1. The number of carbonyl (C=O) groups is 7. The molecule has 7 amide bonds. The van der Waals surface area contributed by atoms with Gasteiger partial charge in [-0.05, 0) is 79.8 Å². The predicted octanol–water partition coefficient (Wildman–Crippen LogP) is 3.06. The van der Waals surface area contributed by atoms with Crippen LogP contribution in [0.4, 0.5) is 4.79 Å². The van der Waals surface area contributed by atoms with Gasteiger partial charge in [0.1, 0.15) is 42.0 Å². The fourth-order valence-electron chi connectivity index (χ4n) is 7.57. The van der Waals surface area contributed by atoms with E-state index in [2.05, 4.69) is 36.9 Å². The van der Waals surface area contributed by atoms with Crippen LogP contribution in [-0.4, -0.2) is 111 Å². The highest BCUT2D eigenvalue weighted by molar-refractivity contribution is 5.96. The third-order valence-corrected chi connectivity index (χ3v) is 11.8. The molecule has 17 nitrogen and oxygen atoms in total. The smallest absolute Gasteiger partial charge is 0.326 e. The highest BCUT2D eigenvalue weighted by Crippen LogP contribution is 2.20. The van der Waals surface area contributed by atoms with Crippen LogP contribution in [0.1, 0.15) is 69.6 Å². The summed E-state index contributed by atoms with van der Waals surface area (Å²) >= 11 is 0. The lowest BCUT2D eigenvalue weighted by Crippen LogP contribution is -2.60. The molecule has 3 aromatic carbocycles. The Hall–Kier alpha value is -6.91. The van der Waals surface area contributed by atoms with Gasteiger partial charge in [0.2, 0.25) is 29.5 Å². The van der Waals surface area contributed by atoms with Crippen LogP contribution in [0.5, 0.6) is 5.75 Å². The van der Waals surface area contributed by atoms with Crippen molar-refractivity contribution in [2.75, 3.05) is 13.6 Å². The average Bonchev–Trinajstić information content (AvgIpc) is 3.70. The lowest BCUT2D eigenvalue weighted by molar-refractivity contribution is -0.142. The van der Waals surface area contributed by atoms with Crippen molar-refractivity contribution in [2.24, 2.45) is 5.92 Å². The monoisotopic (exact) mass is 880 g/mol. The molecule has 2 heterocycles. The number of carboxylic acids is 1. The van der Waals surface area contributed by atoms with E-state index in [1.807, 2.05) is 61.5 Å². The van der Waals surface area contributed by atoms with Gasteiger partial charge in [0.05, 0.1) is 0 Å². The molecular weight excluding hydrogens is 821 g/mol. The maximum Gasteiger partial charge on any atom is 0.326 e. The van der Waals surface area contributed by atoms with Gasteiger partial charge in [0, 0.05) is 43.5 Å². The molecule has 1 aliphatic rings. The van der Waals surface area contributed by atoms with Gasteiger partial charge in [-0.1, -0.05) is 80.9 Å². The first-order valence-electron chi connectivity index (χ1n) is 21.8. The van der Waals surface area contributed by atoms with Crippen LogP contribution in [0.15, 0.2) is 85.1 Å². The molecule has 4 aromatic rings. The van der Waals surface area contributed by atoms with Crippen molar-refractivity contribution >= 4 is 52.4 Å². The van der Waals surface area contributed by atoms with Gasteiger partial charge in [-0.15, -0.1) is 0 Å². The number of aromatic hydroxyl groups is 1. The van der Waals surface area contributed by atoms with E-state index >= 15 is 0 Å². The zero-order valence-electron chi connectivity index (χ0n) is 36.7. The van der Waals surface area contributed by atoms with Crippen LogP contribution >= 0.6 is 0 Å². The summed E-state index contributed by atoms with van der Waals surface area (Å²) in [5.41, 5.74) is 3.03. The third-order valence-electron chi connectivity index (χ3n) is 11.8. The van der Waals surface area contributed by atoms with E-state index < -0.39 is 83.7 Å². The van der Waals surface area contributed by atoms with Gasteiger partial charge in [-0.25, -0.2) is 9.59 Å². The molecule has 7 atom stereocenters. The number of aliphatic carboxylic acids is 1. The molecule has 0 radical (unpaired) electrons. The number of para-hydroxylation sites is 1. The van der Waals surface area contributed by atoms with E-state index in [4.69, 9.17) is 0 Å². The van der Waals surface area contributed by atoms with Crippen molar-refractivity contribution in [3.63, 3.8) is 0 Å². The molecule has 64 heavy (non-hydrogen) atoms. The number of nitrogens with one attached hydrogen (secondary N) is 7. The van der Waals surface area contributed by atoms with Gasteiger partial charge >= 0.3 is 12.0 Å². The number of fused-ring (bicyclic) bond motifs is 1. The third kappa shape index (κ3) is 13.3. The van der Waals surface area contributed by atoms with Gasteiger partial charge in [0.25, 0.3) is 0 Å². The fourth-order valence-corrected chi connectivity index (χ4v) is 7.57. The number of aryl methyl sites for hydroxylation is 1. The average molecular weight is 881 g/mol.